The molecule has 0 unspecified atom stereocenters. The van der Waals surface area contributed by atoms with Crippen LogP contribution in [-0.4, -0.2) is 132 Å². The van der Waals surface area contributed by atoms with E-state index < -0.39 is 5.60 Å². The summed E-state index contributed by atoms with van der Waals surface area (Å²) in [6, 6.07) is 21.9. The molecule has 1 saturated heterocycles. The summed E-state index contributed by atoms with van der Waals surface area (Å²) in [5.41, 5.74) is 4.45. The Labute approximate surface area is 349 Å². The number of hydrogen-bond donors (Lipinski definition) is 3. The number of rotatable bonds is 16. The molecular formula is C44H52ClN9O5. The van der Waals surface area contributed by atoms with Crippen LogP contribution in [0.15, 0.2) is 90.2 Å². The van der Waals surface area contributed by atoms with Gasteiger partial charge in [0, 0.05) is 81.0 Å². The Bertz CT molecular complexity index is 2240. The number of amides is 2. The lowest BCUT2D eigenvalue weighted by molar-refractivity contribution is -0.116. The van der Waals surface area contributed by atoms with E-state index in [1.54, 1.807) is 65.9 Å². The number of hydrogen-bond acceptors (Lipinski definition) is 10. The predicted octanol–water partition coefficient (Wildman–Crippen LogP) is 5.36. The summed E-state index contributed by atoms with van der Waals surface area (Å²) in [6.07, 6.45) is 8.77. The van der Waals surface area contributed by atoms with Crippen molar-refractivity contribution in [3.63, 3.8) is 0 Å². The summed E-state index contributed by atoms with van der Waals surface area (Å²) >= 11 is 6.15. The largest absolute Gasteiger partial charge is 0.388 e. The summed E-state index contributed by atoms with van der Waals surface area (Å²) in [5.74, 6) is -0.292. The number of halogens is 1. The van der Waals surface area contributed by atoms with Crippen molar-refractivity contribution in [2.24, 2.45) is 4.99 Å². The maximum absolute atomic E-state index is 12.5. The maximum Gasteiger partial charge on any atom is 0.251 e. The highest BCUT2D eigenvalue weighted by Crippen LogP contribution is 2.25. The van der Waals surface area contributed by atoms with Gasteiger partial charge < -0.3 is 30.4 Å². The molecule has 14 nitrogen and oxygen atoms in total. The fraction of sp³-hybridized carbons (Fsp3) is 0.341. The van der Waals surface area contributed by atoms with Crippen LogP contribution in [0.5, 0.6) is 0 Å². The molecule has 3 aromatic carbocycles. The number of nitrogens with zero attached hydrogens (tertiary/aromatic N) is 7. The Morgan fingerprint density at radius 2 is 1.73 bits per heavy atom. The van der Waals surface area contributed by atoms with Crippen molar-refractivity contribution in [1.82, 2.24) is 34.8 Å². The van der Waals surface area contributed by atoms with Crippen LogP contribution in [0.3, 0.4) is 0 Å². The molecule has 0 radical (unpaired) electrons. The summed E-state index contributed by atoms with van der Waals surface area (Å²) in [5, 5.41) is 22.2. The summed E-state index contributed by atoms with van der Waals surface area (Å²) in [6.45, 7) is 3.70. The number of aromatic nitrogens is 3. The molecule has 0 aliphatic carbocycles. The number of aliphatic imine (C=N–C) groups is 1. The van der Waals surface area contributed by atoms with Crippen LogP contribution in [0.25, 0.3) is 10.9 Å². The van der Waals surface area contributed by atoms with Crippen LogP contribution in [-0.2, 0) is 17.8 Å². The van der Waals surface area contributed by atoms with E-state index in [9.17, 15) is 24.3 Å². The monoisotopic (exact) mass is 821 g/mol. The Morgan fingerprint density at radius 3 is 2.44 bits per heavy atom. The first-order valence-electron chi connectivity index (χ1n) is 19.4. The van der Waals surface area contributed by atoms with Crippen LogP contribution in [0, 0.1) is 0 Å². The molecule has 3 heterocycles. The number of carbonyl (C=O) groups is 4. The van der Waals surface area contributed by atoms with Gasteiger partial charge >= 0.3 is 0 Å². The third kappa shape index (κ3) is 13.1. The van der Waals surface area contributed by atoms with E-state index in [0.29, 0.717) is 77.6 Å². The van der Waals surface area contributed by atoms with Crippen molar-refractivity contribution in [3.8, 4) is 0 Å². The smallest absolute Gasteiger partial charge is 0.251 e. The number of aliphatic hydroxyl groups is 1. The third-order valence-corrected chi connectivity index (χ3v) is 10.3. The number of piperidine rings is 1. The molecule has 0 atom stereocenters. The van der Waals surface area contributed by atoms with Gasteiger partial charge in [-0.1, -0.05) is 48.0 Å². The highest BCUT2D eigenvalue weighted by Gasteiger charge is 2.32. The number of pyridine rings is 1. The number of nitrogens with one attached hydrogen (secondary N) is 2. The van der Waals surface area contributed by atoms with Crippen LogP contribution in [0.4, 0.5) is 11.4 Å². The Kier molecular flexibility index (Phi) is 16.0. The highest BCUT2D eigenvalue weighted by molar-refractivity contribution is 6.35. The lowest BCUT2D eigenvalue weighted by Crippen LogP contribution is -2.49. The summed E-state index contributed by atoms with van der Waals surface area (Å²) in [4.78, 5) is 62.0. The molecule has 15 heteroatoms. The van der Waals surface area contributed by atoms with Crippen LogP contribution < -0.4 is 10.6 Å². The molecule has 5 aromatic rings. The van der Waals surface area contributed by atoms with E-state index in [1.165, 1.54) is 0 Å². The number of likely N-dealkylation sites (tertiary alicyclic amines) is 1. The molecule has 2 aromatic heterocycles. The van der Waals surface area contributed by atoms with Gasteiger partial charge in [-0.3, -0.25) is 28.8 Å². The topological polar surface area (TPSA) is 165 Å². The fourth-order valence-electron chi connectivity index (χ4n) is 6.57. The van der Waals surface area contributed by atoms with Gasteiger partial charge in [0.15, 0.2) is 12.6 Å². The molecule has 0 saturated carbocycles. The summed E-state index contributed by atoms with van der Waals surface area (Å²) < 4.78 is 1.76. The van der Waals surface area contributed by atoms with Gasteiger partial charge in [-0.05, 0) is 75.9 Å². The van der Waals surface area contributed by atoms with Gasteiger partial charge in [0.1, 0.15) is 0 Å². The fourth-order valence-corrected chi connectivity index (χ4v) is 6.79. The average Bonchev–Trinajstić information content (AvgIpc) is 3.61. The second-order valence-corrected chi connectivity index (χ2v) is 15.4. The van der Waals surface area contributed by atoms with Crippen LogP contribution in [0.2, 0.25) is 5.02 Å². The van der Waals surface area contributed by atoms with E-state index in [1.807, 2.05) is 61.3 Å². The Balaban J connectivity index is 0.000000224. The van der Waals surface area contributed by atoms with E-state index in [2.05, 4.69) is 37.7 Å². The lowest BCUT2D eigenvalue weighted by Gasteiger charge is -2.38. The molecule has 310 valence electrons. The molecule has 1 aliphatic rings. The predicted molar refractivity (Wildman–Crippen MR) is 232 cm³/mol. The van der Waals surface area contributed by atoms with E-state index in [-0.39, 0.29) is 11.8 Å². The molecule has 1 aliphatic heterocycles. The van der Waals surface area contributed by atoms with Crippen LogP contribution >= 0.6 is 11.6 Å². The zero-order valence-corrected chi connectivity index (χ0v) is 34.7. The molecule has 59 heavy (non-hydrogen) atoms. The molecule has 1 fully saturated rings. The number of anilines is 1. The number of benzene rings is 3. The number of aldehydes is 2. The van der Waals surface area contributed by atoms with E-state index in [0.717, 1.165) is 55.1 Å². The van der Waals surface area contributed by atoms with Crippen LogP contribution in [0.1, 0.15) is 61.6 Å². The second kappa shape index (κ2) is 21.3. The zero-order chi connectivity index (χ0) is 42.4. The van der Waals surface area contributed by atoms with Gasteiger partial charge in [0.2, 0.25) is 5.91 Å². The molecule has 0 spiro atoms. The average molecular weight is 822 g/mol. The van der Waals surface area contributed by atoms with Crippen molar-refractivity contribution in [3.05, 3.63) is 118 Å². The van der Waals surface area contributed by atoms with Crippen molar-refractivity contribution < 1.29 is 24.3 Å². The normalized spacial score (nSPS) is 13.8. The van der Waals surface area contributed by atoms with Gasteiger partial charge in [0.05, 0.1) is 52.2 Å². The van der Waals surface area contributed by atoms with Gasteiger partial charge in [-0.25, -0.2) is 4.99 Å². The summed E-state index contributed by atoms with van der Waals surface area (Å²) in [7, 11) is 7.74. The first kappa shape index (κ1) is 44.3. The molecule has 3 N–H and O–H groups in total. The minimum absolute atomic E-state index is 0.0888. The number of likely N-dealkylation sites (N-methyl/N-ethyl adjacent to an activating group) is 1. The highest BCUT2D eigenvalue weighted by atomic mass is 35.5. The Hall–Kier alpha value is -5.80. The van der Waals surface area contributed by atoms with Gasteiger partial charge in [-0.2, -0.15) is 5.10 Å². The van der Waals surface area contributed by atoms with Crippen molar-refractivity contribution in [1.29, 1.82) is 0 Å². The minimum atomic E-state index is -0.733. The molecule has 2 amide bonds. The number of carbonyl (C=O) groups excluding carboxylic acids is 4. The van der Waals surface area contributed by atoms with Gasteiger partial charge in [-0.15, -0.1) is 0 Å². The van der Waals surface area contributed by atoms with E-state index >= 15 is 0 Å². The van der Waals surface area contributed by atoms with Crippen molar-refractivity contribution in [2.75, 3.05) is 66.2 Å². The maximum atomic E-state index is 12.5. The third-order valence-electron chi connectivity index (χ3n) is 9.97. The lowest BCUT2D eigenvalue weighted by atomic mass is 9.91. The van der Waals surface area contributed by atoms with E-state index in [4.69, 9.17) is 11.6 Å². The first-order chi connectivity index (χ1) is 28.4. The first-order valence-corrected chi connectivity index (χ1v) is 19.8. The molecule has 0 bridgehead atoms. The van der Waals surface area contributed by atoms with Crippen molar-refractivity contribution in [2.45, 2.75) is 37.8 Å². The number of fused-ring (bicyclic) bond motifs is 1. The minimum Gasteiger partial charge on any atom is -0.388 e. The standard InChI is InChI=1S/C23H19ClN4O2.C21H33N5O3/c24-20-8-9-25-21-13-17(6-7-19(20)21)23(30)26-10-11-28-22(18(15-29)14-27-28)12-16-4-2-1-3-5-16;1-24(2)10-7-20(28)23-18-6-5-17(14-27)19(13-18)22-16-26(4)15-21(29)8-11-25(3)12-9-21/h1-9,13-15H,10-12H2,(H,26,30);5-6,13-14,16,29H,7-12,15H2,1-4H3,(H,23,28). The van der Waals surface area contributed by atoms with Crippen molar-refractivity contribution >= 4 is 64.6 Å². The quantitative estimate of drug-likeness (QED) is 0.0671. The molecular weight excluding hydrogens is 770 g/mol. The SMILES string of the molecule is CN(C)CCC(=O)Nc1ccc(C=O)c(N=CN(C)CC2(O)CCN(C)CC2)c1.O=Cc1cnn(CCNC(=O)c2ccc3c(Cl)ccnc3c2)c1Cc1ccccc1. The Morgan fingerprint density at radius 1 is 0.983 bits per heavy atom. The van der Waals surface area contributed by atoms with Gasteiger partial charge in [0.25, 0.3) is 5.91 Å². The second-order valence-electron chi connectivity index (χ2n) is 15.0. The zero-order valence-electron chi connectivity index (χ0n) is 34.0. The molecule has 6 rings (SSSR count).